The van der Waals surface area contributed by atoms with Gasteiger partial charge in [0.1, 0.15) is 0 Å². The van der Waals surface area contributed by atoms with Gasteiger partial charge in [-0.15, -0.1) is 10.2 Å². The lowest BCUT2D eigenvalue weighted by Gasteiger charge is -2.26. The summed E-state index contributed by atoms with van der Waals surface area (Å²) in [4.78, 5) is 2.33. The Hall–Kier alpha value is -1.88. The normalized spacial score (nSPS) is 17.7. The SMILES string of the molecule is CN1CCC(c2nnc(-c3ccc(N)cc3)o2)CC1. The molecule has 2 aromatic rings. The van der Waals surface area contributed by atoms with E-state index in [4.69, 9.17) is 10.2 Å². The van der Waals surface area contributed by atoms with Crippen molar-refractivity contribution in [3.05, 3.63) is 30.2 Å². The summed E-state index contributed by atoms with van der Waals surface area (Å²) in [6, 6.07) is 7.49. The summed E-state index contributed by atoms with van der Waals surface area (Å²) in [5.41, 5.74) is 7.32. The number of nitrogen functional groups attached to an aromatic ring is 1. The number of aromatic nitrogens is 2. The summed E-state index contributed by atoms with van der Waals surface area (Å²) in [6.07, 6.45) is 2.17. The van der Waals surface area contributed by atoms with Crippen molar-refractivity contribution in [2.45, 2.75) is 18.8 Å². The lowest BCUT2D eigenvalue weighted by atomic mass is 9.97. The van der Waals surface area contributed by atoms with Gasteiger partial charge in [0, 0.05) is 17.2 Å². The molecule has 0 radical (unpaired) electrons. The van der Waals surface area contributed by atoms with E-state index < -0.39 is 0 Å². The number of likely N-dealkylation sites (tertiary alicyclic amines) is 1. The van der Waals surface area contributed by atoms with Crippen LogP contribution in [0.15, 0.2) is 28.7 Å². The first-order chi connectivity index (χ1) is 9.22. The maximum atomic E-state index is 5.80. The molecular formula is C14H18N4O. The summed E-state index contributed by atoms with van der Waals surface area (Å²) in [7, 11) is 2.14. The van der Waals surface area contributed by atoms with Crippen LogP contribution in [0.1, 0.15) is 24.7 Å². The zero-order chi connectivity index (χ0) is 13.2. The average molecular weight is 258 g/mol. The third-order valence-corrected chi connectivity index (χ3v) is 3.67. The van der Waals surface area contributed by atoms with Crippen LogP contribution in [-0.4, -0.2) is 35.2 Å². The zero-order valence-corrected chi connectivity index (χ0v) is 11.0. The lowest BCUT2D eigenvalue weighted by Crippen LogP contribution is -2.29. The van der Waals surface area contributed by atoms with Gasteiger partial charge in [-0.25, -0.2) is 0 Å². The minimum absolute atomic E-state index is 0.395. The number of rotatable bonds is 2. The first kappa shape index (κ1) is 12.2. The number of nitrogens with two attached hydrogens (primary N) is 1. The monoisotopic (exact) mass is 258 g/mol. The fourth-order valence-corrected chi connectivity index (χ4v) is 2.40. The molecule has 1 aromatic carbocycles. The molecule has 19 heavy (non-hydrogen) atoms. The predicted molar refractivity (Wildman–Crippen MR) is 73.6 cm³/mol. The van der Waals surface area contributed by atoms with Crippen LogP contribution in [0, 0.1) is 0 Å². The van der Waals surface area contributed by atoms with Gasteiger partial charge in [0.15, 0.2) is 0 Å². The lowest BCUT2D eigenvalue weighted by molar-refractivity contribution is 0.237. The number of hydrogen-bond donors (Lipinski definition) is 1. The second kappa shape index (κ2) is 5.01. The van der Waals surface area contributed by atoms with Crippen LogP contribution in [-0.2, 0) is 0 Å². The molecule has 1 aromatic heterocycles. The third-order valence-electron chi connectivity index (χ3n) is 3.67. The van der Waals surface area contributed by atoms with Crippen molar-refractivity contribution in [1.29, 1.82) is 0 Å². The van der Waals surface area contributed by atoms with Crippen molar-refractivity contribution < 1.29 is 4.42 Å². The molecule has 3 rings (SSSR count). The highest BCUT2D eigenvalue weighted by Gasteiger charge is 2.23. The highest BCUT2D eigenvalue weighted by molar-refractivity contribution is 5.56. The summed E-state index contributed by atoms with van der Waals surface area (Å²) >= 11 is 0. The molecule has 0 unspecified atom stereocenters. The quantitative estimate of drug-likeness (QED) is 0.836. The minimum atomic E-state index is 0.395. The Labute approximate surface area is 112 Å². The molecule has 0 spiro atoms. The van der Waals surface area contributed by atoms with Crippen LogP contribution in [0.4, 0.5) is 5.69 Å². The topological polar surface area (TPSA) is 68.2 Å². The molecule has 0 saturated carbocycles. The van der Waals surface area contributed by atoms with Gasteiger partial charge < -0.3 is 15.1 Å². The van der Waals surface area contributed by atoms with E-state index in [1.54, 1.807) is 0 Å². The van der Waals surface area contributed by atoms with Crippen molar-refractivity contribution in [2.24, 2.45) is 0 Å². The molecule has 1 aliphatic heterocycles. The van der Waals surface area contributed by atoms with E-state index in [2.05, 4.69) is 22.1 Å². The fourth-order valence-electron chi connectivity index (χ4n) is 2.40. The molecule has 0 aliphatic carbocycles. The fraction of sp³-hybridized carbons (Fsp3) is 0.429. The molecule has 5 heteroatoms. The Balaban J connectivity index is 1.77. The zero-order valence-electron chi connectivity index (χ0n) is 11.0. The molecule has 2 N–H and O–H groups in total. The maximum absolute atomic E-state index is 5.80. The number of anilines is 1. The summed E-state index contributed by atoms with van der Waals surface area (Å²) in [6.45, 7) is 2.18. The molecule has 0 atom stereocenters. The summed E-state index contributed by atoms with van der Waals surface area (Å²) in [5.74, 6) is 1.74. The van der Waals surface area contributed by atoms with Crippen molar-refractivity contribution in [3.8, 4) is 11.5 Å². The van der Waals surface area contributed by atoms with Gasteiger partial charge in [-0.05, 0) is 57.2 Å². The van der Waals surface area contributed by atoms with Crippen LogP contribution in [0.3, 0.4) is 0 Å². The second-order valence-corrected chi connectivity index (χ2v) is 5.15. The van der Waals surface area contributed by atoms with Crippen LogP contribution >= 0.6 is 0 Å². The highest BCUT2D eigenvalue weighted by Crippen LogP contribution is 2.28. The predicted octanol–water partition coefficient (Wildman–Crippen LogP) is 2.13. The first-order valence-electron chi connectivity index (χ1n) is 6.60. The van der Waals surface area contributed by atoms with Crippen molar-refractivity contribution in [3.63, 3.8) is 0 Å². The van der Waals surface area contributed by atoms with Gasteiger partial charge in [-0.1, -0.05) is 0 Å². The number of hydrogen-bond acceptors (Lipinski definition) is 5. The van der Waals surface area contributed by atoms with E-state index in [1.807, 2.05) is 24.3 Å². The van der Waals surface area contributed by atoms with Gasteiger partial charge in [-0.3, -0.25) is 0 Å². The highest BCUT2D eigenvalue weighted by atomic mass is 16.4. The standard InChI is InChI=1S/C14H18N4O/c1-18-8-6-11(7-9-18)14-17-16-13(19-14)10-2-4-12(15)5-3-10/h2-5,11H,6-9,15H2,1H3. The number of benzene rings is 1. The van der Waals surface area contributed by atoms with E-state index >= 15 is 0 Å². The van der Waals surface area contributed by atoms with Crippen LogP contribution < -0.4 is 5.73 Å². The first-order valence-corrected chi connectivity index (χ1v) is 6.60. The summed E-state index contributed by atoms with van der Waals surface area (Å²) in [5, 5.41) is 8.34. The molecule has 0 bridgehead atoms. The molecule has 1 fully saturated rings. The molecule has 0 amide bonds. The van der Waals surface area contributed by atoms with E-state index in [0.717, 1.165) is 43.1 Å². The van der Waals surface area contributed by atoms with Crippen molar-refractivity contribution in [1.82, 2.24) is 15.1 Å². The second-order valence-electron chi connectivity index (χ2n) is 5.15. The Kier molecular flexibility index (Phi) is 3.21. The van der Waals surface area contributed by atoms with Crippen LogP contribution in [0.25, 0.3) is 11.5 Å². The van der Waals surface area contributed by atoms with Crippen LogP contribution in [0.2, 0.25) is 0 Å². The van der Waals surface area contributed by atoms with Gasteiger partial charge in [-0.2, -0.15) is 0 Å². The largest absolute Gasteiger partial charge is 0.420 e. The van der Waals surface area contributed by atoms with E-state index in [9.17, 15) is 0 Å². The van der Waals surface area contributed by atoms with E-state index in [-0.39, 0.29) is 0 Å². The minimum Gasteiger partial charge on any atom is -0.420 e. The Morgan fingerprint density at radius 1 is 1.16 bits per heavy atom. The molecular weight excluding hydrogens is 240 g/mol. The molecule has 100 valence electrons. The smallest absolute Gasteiger partial charge is 0.247 e. The van der Waals surface area contributed by atoms with Crippen LogP contribution in [0.5, 0.6) is 0 Å². The average Bonchev–Trinajstić information content (AvgIpc) is 2.90. The number of piperidine rings is 1. The molecule has 1 saturated heterocycles. The Bertz CT molecular complexity index is 541. The Morgan fingerprint density at radius 2 is 1.84 bits per heavy atom. The summed E-state index contributed by atoms with van der Waals surface area (Å²) < 4.78 is 5.80. The van der Waals surface area contributed by atoms with Gasteiger partial charge >= 0.3 is 0 Å². The maximum Gasteiger partial charge on any atom is 0.247 e. The Morgan fingerprint density at radius 3 is 2.53 bits per heavy atom. The third kappa shape index (κ3) is 2.61. The van der Waals surface area contributed by atoms with Crippen molar-refractivity contribution in [2.75, 3.05) is 25.9 Å². The van der Waals surface area contributed by atoms with E-state index in [1.165, 1.54) is 0 Å². The van der Waals surface area contributed by atoms with Gasteiger partial charge in [0.25, 0.3) is 0 Å². The van der Waals surface area contributed by atoms with Gasteiger partial charge in [0.2, 0.25) is 11.8 Å². The van der Waals surface area contributed by atoms with E-state index in [0.29, 0.717) is 11.8 Å². The number of nitrogens with zero attached hydrogens (tertiary/aromatic N) is 3. The molecule has 2 heterocycles. The van der Waals surface area contributed by atoms with Gasteiger partial charge in [0.05, 0.1) is 0 Å². The molecule has 1 aliphatic rings. The van der Waals surface area contributed by atoms with Crippen molar-refractivity contribution >= 4 is 5.69 Å². The molecule has 5 nitrogen and oxygen atoms in total.